The molecule has 0 spiro atoms. The molecule has 0 aliphatic carbocycles. The van der Waals surface area contributed by atoms with Crippen LogP contribution < -0.4 is 5.32 Å². The number of amides is 1. The quantitative estimate of drug-likeness (QED) is 0.584. The Bertz CT molecular complexity index is 931. The Kier molecular flexibility index (Phi) is 6.44. The number of H-pyrrole nitrogens is 1. The number of carbonyl (C=O) groups is 1. The Labute approximate surface area is 179 Å². The minimum Gasteiger partial charge on any atom is -0.356 e. The summed E-state index contributed by atoms with van der Waals surface area (Å²) in [6.07, 6.45) is 1.75. The number of nitrogens with zero attached hydrogens (tertiary/aromatic N) is 2. The van der Waals surface area contributed by atoms with E-state index in [0.29, 0.717) is 5.69 Å². The lowest BCUT2D eigenvalue weighted by atomic mass is 10.1. The van der Waals surface area contributed by atoms with E-state index in [4.69, 9.17) is 0 Å². The fourth-order valence-corrected chi connectivity index (χ4v) is 3.94. The van der Waals surface area contributed by atoms with Gasteiger partial charge < -0.3 is 10.3 Å². The van der Waals surface area contributed by atoms with Crippen molar-refractivity contribution in [2.24, 2.45) is 0 Å². The number of aromatic amines is 1. The molecule has 0 radical (unpaired) electrons. The summed E-state index contributed by atoms with van der Waals surface area (Å²) in [4.78, 5) is 20.2. The molecule has 5 nitrogen and oxygen atoms in total. The first-order valence-electron chi connectivity index (χ1n) is 9.88. The lowest BCUT2D eigenvalue weighted by molar-refractivity contribution is 0.102. The SMILES string of the molecule is O=C(Nc1ccc(CN2CCN(Cc3ccccc3)CC2)cc1)c1cc(Br)c[nH]1. The molecule has 1 saturated heterocycles. The maximum absolute atomic E-state index is 12.2. The van der Waals surface area contributed by atoms with Crippen molar-refractivity contribution in [3.05, 3.63) is 88.2 Å². The largest absolute Gasteiger partial charge is 0.356 e. The minimum atomic E-state index is -0.141. The molecule has 0 unspecified atom stereocenters. The Morgan fingerprint density at radius 1 is 0.897 bits per heavy atom. The summed E-state index contributed by atoms with van der Waals surface area (Å²) < 4.78 is 0.863. The van der Waals surface area contributed by atoms with E-state index >= 15 is 0 Å². The van der Waals surface area contributed by atoms with Gasteiger partial charge in [0.25, 0.3) is 5.91 Å². The molecule has 0 bridgehead atoms. The summed E-state index contributed by atoms with van der Waals surface area (Å²) in [6.45, 7) is 6.31. The maximum atomic E-state index is 12.2. The van der Waals surface area contributed by atoms with E-state index in [2.05, 4.69) is 78.5 Å². The number of halogens is 1. The van der Waals surface area contributed by atoms with E-state index in [1.807, 2.05) is 12.1 Å². The summed E-state index contributed by atoms with van der Waals surface area (Å²) in [7, 11) is 0. The number of aromatic nitrogens is 1. The normalized spacial score (nSPS) is 15.3. The molecule has 1 fully saturated rings. The predicted octanol–water partition coefficient (Wildman–Crippen LogP) is 4.35. The van der Waals surface area contributed by atoms with Gasteiger partial charge in [-0.25, -0.2) is 0 Å². The summed E-state index contributed by atoms with van der Waals surface area (Å²) in [6, 6.07) is 20.6. The Hall–Kier alpha value is -2.41. The van der Waals surface area contributed by atoms with E-state index in [-0.39, 0.29) is 5.91 Å². The van der Waals surface area contributed by atoms with Gasteiger partial charge in [0.15, 0.2) is 0 Å². The topological polar surface area (TPSA) is 51.4 Å². The van der Waals surface area contributed by atoms with Crippen molar-refractivity contribution in [2.75, 3.05) is 31.5 Å². The number of rotatable bonds is 6. The zero-order valence-corrected chi connectivity index (χ0v) is 17.9. The van der Waals surface area contributed by atoms with Gasteiger partial charge in [0, 0.05) is 55.6 Å². The van der Waals surface area contributed by atoms with Crippen LogP contribution in [0, 0.1) is 0 Å². The van der Waals surface area contributed by atoms with Gasteiger partial charge in [0.2, 0.25) is 0 Å². The molecule has 29 heavy (non-hydrogen) atoms. The summed E-state index contributed by atoms with van der Waals surface area (Å²) in [5.41, 5.74) is 3.99. The fourth-order valence-electron chi connectivity index (χ4n) is 3.60. The molecule has 1 amide bonds. The molecule has 2 N–H and O–H groups in total. The van der Waals surface area contributed by atoms with Crippen LogP contribution in [0.3, 0.4) is 0 Å². The second-order valence-electron chi connectivity index (χ2n) is 7.42. The lowest BCUT2D eigenvalue weighted by Crippen LogP contribution is -2.45. The van der Waals surface area contributed by atoms with Gasteiger partial charge >= 0.3 is 0 Å². The number of piperazine rings is 1. The third-order valence-electron chi connectivity index (χ3n) is 5.22. The van der Waals surface area contributed by atoms with Crippen molar-refractivity contribution < 1.29 is 4.79 Å². The molecule has 4 rings (SSSR count). The molecule has 2 aromatic carbocycles. The van der Waals surface area contributed by atoms with Gasteiger partial charge in [-0.15, -0.1) is 0 Å². The van der Waals surface area contributed by atoms with Crippen LogP contribution in [-0.2, 0) is 13.1 Å². The van der Waals surface area contributed by atoms with Gasteiger partial charge in [-0.05, 0) is 45.3 Å². The van der Waals surface area contributed by atoms with E-state index in [1.165, 1.54) is 11.1 Å². The fraction of sp³-hybridized carbons (Fsp3) is 0.261. The second-order valence-corrected chi connectivity index (χ2v) is 8.34. The molecule has 1 aliphatic heterocycles. The third-order valence-corrected chi connectivity index (χ3v) is 5.68. The predicted molar refractivity (Wildman–Crippen MR) is 120 cm³/mol. The highest BCUT2D eigenvalue weighted by Crippen LogP contribution is 2.16. The van der Waals surface area contributed by atoms with Crippen molar-refractivity contribution >= 4 is 27.5 Å². The van der Waals surface area contributed by atoms with E-state index < -0.39 is 0 Å². The number of nitrogens with one attached hydrogen (secondary N) is 2. The third kappa shape index (κ3) is 5.56. The van der Waals surface area contributed by atoms with Gasteiger partial charge in [0.1, 0.15) is 5.69 Å². The molecular formula is C23H25BrN4O. The minimum absolute atomic E-state index is 0.141. The van der Waals surface area contributed by atoms with Crippen LogP contribution in [0.25, 0.3) is 0 Å². The number of carbonyl (C=O) groups excluding carboxylic acids is 1. The maximum Gasteiger partial charge on any atom is 0.272 e. The van der Waals surface area contributed by atoms with Gasteiger partial charge in [-0.2, -0.15) is 0 Å². The van der Waals surface area contributed by atoms with Crippen molar-refractivity contribution in [3.8, 4) is 0 Å². The first kappa shape index (κ1) is 19.9. The van der Waals surface area contributed by atoms with Crippen LogP contribution in [0.1, 0.15) is 21.6 Å². The Morgan fingerprint density at radius 2 is 1.48 bits per heavy atom. The van der Waals surface area contributed by atoms with Crippen LogP contribution in [0.2, 0.25) is 0 Å². The summed E-state index contributed by atoms with van der Waals surface area (Å²) in [5.74, 6) is -0.141. The smallest absolute Gasteiger partial charge is 0.272 e. The molecular weight excluding hydrogens is 428 g/mol. The molecule has 0 atom stereocenters. The average molecular weight is 453 g/mol. The van der Waals surface area contributed by atoms with Crippen LogP contribution in [-0.4, -0.2) is 46.9 Å². The Balaban J connectivity index is 1.24. The lowest BCUT2D eigenvalue weighted by Gasteiger charge is -2.34. The highest BCUT2D eigenvalue weighted by molar-refractivity contribution is 9.10. The molecule has 1 aromatic heterocycles. The molecule has 150 valence electrons. The van der Waals surface area contributed by atoms with Crippen molar-refractivity contribution in [3.63, 3.8) is 0 Å². The van der Waals surface area contributed by atoms with Gasteiger partial charge in [-0.3, -0.25) is 14.6 Å². The highest BCUT2D eigenvalue weighted by Gasteiger charge is 2.17. The van der Waals surface area contributed by atoms with E-state index in [0.717, 1.165) is 49.4 Å². The zero-order chi connectivity index (χ0) is 20.1. The van der Waals surface area contributed by atoms with Crippen LogP contribution in [0.15, 0.2) is 71.3 Å². The molecule has 2 heterocycles. The monoisotopic (exact) mass is 452 g/mol. The summed E-state index contributed by atoms with van der Waals surface area (Å²) >= 11 is 3.34. The second kappa shape index (κ2) is 9.39. The molecule has 3 aromatic rings. The average Bonchev–Trinajstić information content (AvgIpc) is 3.18. The van der Waals surface area contributed by atoms with Crippen molar-refractivity contribution in [1.82, 2.24) is 14.8 Å². The molecule has 6 heteroatoms. The number of hydrogen-bond donors (Lipinski definition) is 2. The van der Waals surface area contributed by atoms with Gasteiger partial charge in [-0.1, -0.05) is 42.5 Å². The summed E-state index contributed by atoms with van der Waals surface area (Å²) in [5, 5.41) is 2.92. The van der Waals surface area contributed by atoms with Crippen LogP contribution in [0.4, 0.5) is 5.69 Å². The van der Waals surface area contributed by atoms with Crippen molar-refractivity contribution in [2.45, 2.75) is 13.1 Å². The zero-order valence-electron chi connectivity index (χ0n) is 16.3. The highest BCUT2D eigenvalue weighted by atomic mass is 79.9. The number of hydrogen-bond acceptors (Lipinski definition) is 3. The van der Waals surface area contributed by atoms with Gasteiger partial charge in [0.05, 0.1) is 0 Å². The number of benzene rings is 2. The van der Waals surface area contributed by atoms with Crippen LogP contribution >= 0.6 is 15.9 Å². The first-order valence-corrected chi connectivity index (χ1v) is 10.7. The van der Waals surface area contributed by atoms with E-state index in [1.54, 1.807) is 12.3 Å². The number of anilines is 1. The van der Waals surface area contributed by atoms with E-state index in [9.17, 15) is 4.79 Å². The molecule has 1 aliphatic rings. The first-order chi connectivity index (χ1) is 14.2. The molecule has 0 saturated carbocycles. The standard InChI is InChI=1S/C23H25BrN4O/c24-20-14-22(25-15-20)23(29)26-21-8-6-19(7-9-21)17-28-12-10-27(11-13-28)16-18-4-2-1-3-5-18/h1-9,14-15,25H,10-13,16-17H2,(H,26,29). The van der Waals surface area contributed by atoms with Crippen LogP contribution in [0.5, 0.6) is 0 Å². The van der Waals surface area contributed by atoms with Crippen molar-refractivity contribution in [1.29, 1.82) is 0 Å². The Morgan fingerprint density at radius 3 is 2.03 bits per heavy atom.